The minimum absolute atomic E-state index is 0.161. The first-order valence-electron chi connectivity index (χ1n) is 7.81. The summed E-state index contributed by atoms with van der Waals surface area (Å²) in [6, 6.07) is 10.7. The fraction of sp³-hybridized carbons (Fsp3) is 0.588. The van der Waals surface area contributed by atoms with Crippen LogP contribution in [0.2, 0.25) is 0 Å². The maximum atomic E-state index is 5.86. The summed E-state index contributed by atoms with van der Waals surface area (Å²) in [5.74, 6) is 0. The molecule has 0 radical (unpaired) electrons. The van der Waals surface area contributed by atoms with E-state index in [9.17, 15) is 0 Å². The van der Waals surface area contributed by atoms with E-state index in [4.69, 9.17) is 18.0 Å². The van der Waals surface area contributed by atoms with Gasteiger partial charge in [-0.25, -0.2) is 0 Å². The molecule has 0 aromatic heterocycles. The van der Waals surface area contributed by atoms with Gasteiger partial charge in [-0.15, -0.1) is 0 Å². The summed E-state index contributed by atoms with van der Waals surface area (Å²) >= 11 is 5.19. The molecule has 1 aliphatic heterocycles. The molecule has 1 aromatic rings. The van der Waals surface area contributed by atoms with E-state index in [0.717, 1.165) is 26.2 Å². The number of piperazine rings is 1. The summed E-state index contributed by atoms with van der Waals surface area (Å²) in [7, 11) is 0. The zero-order valence-electron chi connectivity index (χ0n) is 13.2. The molecule has 2 rings (SSSR count). The van der Waals surface area contributed by atoms with Crippen molar-refractivity contribution in [2.24, 2.45) is 5.73 Å². The monoisotopic (exact) mass is 305 g/mol. The molecule has 0 spiro atoms. The van der Waals surface area contributed by atoms with Crippen molar-refractivity contribution in [3.8, 4) is 0 Å². The molecule has 2 N–H and O–H groups in total. The van der Waals surface area contributed by atoms with Gasteiger partial charge in [-0.1, -0.05) is 42.5 Å². The van der Waals surface area contributed by atoms with Crippen molar-refractivity contribution < 1.29 is 0 Å². The smallest absolute Gasteiger partial charge is 0.0928 e. The van der Waals surface area contributed by atoms with Crippen LogP contribution >= 0.6 is 12.2 Å². The molecule has 1 aromatic carbocycles. The summed E-state index contributed by atoms with van der Waals surface area (Å²) < 4.78 is 0. The number of nitrogens with two attached hydrogens (primary N) is 1. The molecule has 21 heavy (non-hydrogen) atoms. The average molecular weight is 305 g/mol. The molecular formula is C17H27N3S. The minimum Gasteiger partial charge on any atom is -0.392 e. The Morgan fingerprint density at radius 1 is 1.14 bits per heavy atom. The van der Waals surface area contributed by atoms with Crippen molar-refractivity contribution in [3.05, 3.63) is 35.9 Å². The van der Waals surface area contributed by atoms with Crippen LogP contribution in [-0.4, -0.2) is 53.1 Å². The van der Waals surface area contributed by atoms with Crippen LogP contribution in [0.5, 0.6) is 0 Å². The number of nitrogens with zero attached hydrogens (tertiary/aromatic N) is 2. The van der Waals surface area contributed by atoms with E-state index in [1.807, 2.05) is 0 Å². The second-order valence-electron chi connectivity index (χ2n) is 6.34. The molecular weight excluding hydrogens is 278 g/mol. The lowest BCUT2D eigenvalue weighted by molar-refractivity contribution is 0.0855. The lowest BCUT2D eigenvalue weighted by Gasteiger charge is -2.43. The third-order valence-corrected chi connectivity index (χ3v) is 5.05. The van der Waals surface area contributed by atoms with Crippen LogP contribution in [-0.2, 0) is 6.42 Å². The first-order chi connectivity index (χ1) is 10.00. The number of benzene rings is 1. The molecule has 3 nitrogen and oxygen atoms in total. The largest absolute Gasteiger partial charge is 0.392 e. The summed E-state index contributed by atoms with van der Waals surface area (Å²) in [5.41, 5.74) is 7.13. The molecule has 0 aliphatic carbocycles. The van der Waals surface area contributed by atoms with Crippen LogP contribution in [0.25, 0.3) is 0 Å². The lowest BCUT2D eigenvalue weighted by Crippen LogP contribution is -2.59. The first-order valence-corrected chi connectivity index (χ1v) is 8.22. The van der Waals surface area contributed by atoms with Gasteiger partial charge in [-0.3, -0.25) is 4.90 Å². The standard InChI is InChI=1S/C17H27N3S/c1-17(2,16(18)21)20-13-11-19(12-14-20)10-6-9-15-7-4-3-5-8-15/h3-5,7-8H,6,9-14H2,1-2H3,(H2,18,21). The molecule has 1 heterocycles. The highest BCUT2D eigenvalue weighted by atomic mass is 32.1. The van der Waals surface area contributed by atoms with Gasteiger partial charge < -0.3 is 10.6 Å². The van der Waals surface area contributed by atoms with Crippen molar-refractivity contribution in [2.75, 3.05) is 32.7 Å². The van der Waals surface area contributed by atoms with E-state index in [1.165, 1.54) is 24.9 Å². The number of hydrogen-bond acceptors (Lipinski definition) is 3. The van der Waals surface area contributed by atoms with Crippen LogP contribution < -0.4 is 5.73 Å². The molecule has 116 valence electrons. The number of aryl methyl sites for hydroxylation is 1. The molecule has 0 atom stereocenters. The Morgan fingerprint density at radius 3 is 2.33 bits per heavy atom. The normalized spacial score (nSPS) is 17.8. The van der Waals surface area contributed by atoms with Gasteiger partial charge in [0.15, 0.2) is 0 Å². The SMILES string of the molecule is CC(C)(C(N)=S)N1CCN(CCCc2ccccc2)CC1. The molecule has 4 heteroatoms. The van der Waals surface area contributed by atoms with E-state index < -0.39 is 0 Å². The van der Waals surface area contributed by atoms with Gasteiger partial charge in [0.2, 0.25) is 0 Å². The number of rotatable bonds is 6. The molecule has 1 saturated heterocycles. The van der Waals surface area contributed by atoms with Crippen molar-refractivity contribution in [1.29, 1.82) is 0 Å². The Morgan fingerprint density at radius 2 is 1.76 bits per heavy atom. The summed E-state index contributed by atoms with van der Waals surface area (Å²) in [6.45, 7) is 9.75. The van der Waals surface area contributed by atoms with Crippen LogP contribution in [0.1, 0.15) is 25.8 Å². The predicted molar refractivity (Wildman–Crippen MR) is 93.6 cm³/mol. The van der Waals surface area contributed by atoms with E-state index >= 15 is 0 Å². The zero-order chi connectivity index (χ0) is 15.3. The summed E-state index contributed by atoms with van der Waals surface area (Å²) in [4.78, 5) is 5.55. The molecule has 0 saturated carbocycles. The number of hydrogen-bond donors (Lipinski definition) is 1. The van der Waals surface area contributed by atoms with Crippen LogP contribution in [0.15, 0.2) is 30.3 Å². The molecule has 1 fully saturated rings. The van der Waals surface area contributed by atoms with Gasteiger partial charge in [0.05, 0.1) is 10.5 Å². The molecule has 0 unspecified atom stereocenters. The van der Waals surface area contributed by atoms with Crippen molar-refractivity contribution in [2.45, 2.75) is 32.2 Å². The number of thiocarbonyl (C=S) groups is 1. The quantitative estimate of drug-likeness (QED) is 0.818. The van der Waals surface area contributed by atoms with Crippen LogP contribution in [0, 0.1) is 0 Å². The Hall–Kier alpha value is -0.970. The summed E-state index contributed by atoms with van der Waals surface area (Å²) in [5, 5.41) is 0. The van der Waals surface area contributed by atoms with Crippen LogP contribution in [0.3, 0.4) is 0 Å². The summed E-state index contributed by atoms with van der Waals surface area (Å²) in [6.07, 6.45) is 2.39. The van der Waals surface area contributed by atoms with Crippen molar-refractivity contribution >= 4 is 17.2 Å². The van der Waals surface area contributed by atoms with Gasteiger partial charge >= 0.3 is 0 Å². The van der Waals surface area contributed by atoms with Crippen molar-refractivity contribution in [1.82, 2.24) is 9.80 Å². The average Bonchev–Trinajstić information content (AvgIpc) is 2.49. The fourth-order valence-electron chi connectivity index (χ4n) is 2.84. The second-order valence-corrected chi connectivity index (χ2v) is 6.78. The van der Waals surface area contributed by atoms with E-state index in [0.29, 0.717) is 4.99 Å². The Labute approximate surface area is 134 Å². The Balaban J connectivity index is 1.71. The highest BCUT2D eigenvalue weighted by molar-refractivity contribution is 7.80. The molecule has 1 aliphatic rings. The highest BCUT2D eigenvalue weighted by Crippen LogP contribution is 2.17. The van der Waals surface area contributed by atoms with Crippen molar-refractivity contribution in [3.63, 3.8) is 0 Å². The predicted octanol–water partition coefficient (Wildman–Crippen LogP) is 2.30. The van der Waals surface area contributed by atoms with E-state index in [2.05, 4.69) is 54.0 Å². The van der Waals surface area contributed by atoms with Crippen LogP contribution in [0.4, 0.5) is 0 Å². The van der Waals surface area contributed by atoms with E-state index in [1.54, 1.807) is 0 Å². The molecule has 0 bridgehead atoms. The van der Waals surface area contributed by atoms with E-state index in [-0.39, 0.29) is 5.54 Å². The highest BCUT2D eigenvalue weighted by Gasteiger charge is 2.31. The van der Waals surface area contributed by atoms with Gasteiger partial charge in [0, 0.05) is 26.2 Å². The fourth-order valence-corrected chi connectivity index (χ4v) is 2.97. The minimum atomic E-state index is -0.161. The maximum Gasteiger partial charge on any atom is 0.0928 e. The van der Waals surface area contributed by atoms with Gasteiger partial charge in [0.1, 0.15) is 0 Å². The first kappa shape index (κ1) is 16.4. The van der Waals surface area contributed by atoms with Gasteiger partial charge in [0.25, 0.3) is 0 Å². The lowest BCUT2D eigenvalue weighted by atomic mass is 10.0. The second kappa shape index (κ2) is 7.34. The van der Waals surface area contributed by atoms with Gasteiger partial charge in [-0.2, -0.15) is 0 Å². The Kier molecular flexibility index (Phi) is 5.73. The topological polar surface area (TPSA) is 32.5 Å². The zero-order valence-corrected chi connectivity index (χ0v) is 14.0. The molecule has 0 amide bonds. The third kappa shape index (κ3) is 4.50. The van der Waals surface area contributed by atoms with Gasteiger partial charge in [-0.05, 0) is 38.8 Å². The third-order valence-electron chi connectivity index (χ3n) is 4.55. The Bertz CT molecular complexity index is 450. The maximum absolute atomic E-state index is 5.86.